The molecule has 2 aromatic carbocycles. The van der Waals surface area contributed by atoms with Gasteiger partial charge in [-0.15, -0.1) is 12.4 Å². The molecule has 0 fully saturated rings. The Balaban J connectivity index is 0.00000162. The number of anilines is 1. The van der Waals surface area contributed by atoms with Crippen LogP contribution in [0.5, 0.6) is 0 Å². The van der Waals surface area contributed by atoms with Crippen molar-refractivity contribution in [3.63, 3.8) is 0 Å². The predicted molar refractivity (Wildman–Crippen MR) is 76.5 cm³/mol. The molecule has 0 aromatic heterocycles. The largest absolute Gasteiger partial charge is 0.481 e. The first-order chi connectivity index (χ1) is 8.16. The van der Waals surface area contributed by atoms with E-state index in [-0.39, 0.29) is 24.9 Å². The van der Waals surface area contributed by atoms with Gasteiger partial charge in [-0.3, -0.25) is 4.79 Å². The number of rotatable bonds is 4. The summed E-state index contributed by atoms with van der Waals surface area (Å²) in [6.07, 6.45) is 0.114. The summed E-state index contributed by atoms with van der Waals surface area (Å²) in [6.45, 7) is 1.87. The van der Waals surface area contributed by atoms with E-state index in [4.69, 9.17) is 5.11 Å². The van der Waals surface area contributed by atoms with Crippen LogP contribution in [-0.2, 0) is 4.79 Å². The van der Waals surface area contributed by atoms with Gasteiger partial charge in [-0.05, 0) is 18.4 Å². The Morgan fingerprint density at radius 3 is 2.61 bits per heavy atom. The normalized spacial score (nSPS) is 11.6. The van der Waals surface area contributed by atoms with Gasteiger partial charge in [-0.2, -0.15) is 0 Å². The second-order valence-electron chi connectivity index (χ2n) is 4.17. The molecule has 0 aliphatic carbocycles. The zero-order valence-corrected chi connectivity index (χ0v) is 10.9. The van der Waals surface area contributed by atoms with Crippen LogP contribution in [0.4, 0.5) is 5.69 Å². The second kappa shape index (κ2) is 6.26. The van der Waals surface area contributed by atoms with Gasteiger partial charge in [0.2, 0.25) is 0 Å². The maximum atomic E-state index is 10.6. The van der Waals surface area contributed by atoms with Crippen molar-refractivity contribution < 1.29 is 9.90 Å². The van der Waals surface area contributed by atoms with Gasteiger partial charge in [0.25, 0.3) is 0 Å². The molecule has 0 heterocycles. The first kappa shape index (κ1) is 14.3. The standard InChI is InChI=1S/C14H15NO2.ClH/c1-10(9-14(16)17)15-13-8-4-6-11-5-2-3-7-12(11)13;/h2-8,10,15H,9H2,1H3,(H,16,17);1H/t10-;/m0./s1. The summed E-state index contributed by atoms with van der Waals surface area (Å²) < 4.78 is 0. The maximum absolute atomic E-state index is 10.6. The molecular weight excluding hydrogens is 250 g/mol. The fourth-order valence-corrected chi connectivity index (χ4v) is 1.93. The average Bonchev–Trinajstić information content (AvgIpc) is 2.28. The summed E-state index contributed by atoms with van der Waals surface area (Å²) in [7, 11) is 0. The summed E-state index contributed by atoms with van der Waals surface area (Å²) in [4.78, 5) is 10.6. The highest BCUT2D eigenvalue weighted by Crippen LogP contribution is 2.23. The van der Waals surface area contributed by atoms with Crippen molar-refractivity contribution in [1.82, 2.24) is 0 Å². The second-order valence-corrected chi connectivity index (χ2v) is 4.17. The van der Waals surface area contributed by atoms with Crippen molar-refractivity contribution in [2.45, 2.75) is 19.4 Å². The lowest BCUT2D eigenvalue weighted by Crippen LogP contribution is -2.19. The number of carboxylic acid groups (broad SMARTS) is 1. The van der Waals surface area contributed by atoms with Crippen LogP contribution in [0.15, 0.2) is 42.5 Å². The molecule has 0 bridgehead atoms. The van der Waals surface area contributed by atoms with E-state index in [9.17, 15) is 4.79 Å². The average molecular weight is 266 g/mol. The summed E-state index contributed by atoms with van der Waals surface area (Å²) in [5.41, 5.74) is 0.983. The van der Waals surface area contributed by atoms with E-state index < -0.39 is 5.97 Å². The van der Waals surface area contributed by atoms with E-state index in [1.807, 2.05) is 49.4 Å². The van der Waals surface area contributed by atoms with Crippen molar-refractivity contribution in [3.8, 4) is 0 Å². The number of carboxylic acids is 1. The Labute approximate surface area is 112 Å². The predicted octanol–water partition coefficient (Wildman–Crippen LogP) is 3.54. The van der Waals surface area contributed by atoms with Crippen molar-refractivity contribution in [2.75, 3.05) is 5.32 Å². The van der Waals surface area contributed by atoms with Gasteiger partial charge in [0.05, 0.1) is 6.42 Å². The van der Waals surface area contributed by atoms with Crippen molar-refractivity contribution >= 4 is 34.8 Å². The molecule has 0 unspecified atom stereocenters. The Bertz CT molecular complexity index is 537. The molecule has 0 amide bonds. The van der Waals surface area contributed by atoms with E-state index in [0.29, 0.717) is 0 Å². The van der Waals surface area contributed by atoms with Gasteiger partial charge < -0.3 is 10.4 Å². The number of hydrogen-bond donors (Lipinski definition) is 2. The van der Waals surface area contributed by atoms with Gasteiger partial charge in [0, 0.05) is 17.1 Å². The molecule has 1 atom stereocenters. The minimum Gasteiger partial charge on any atom is -0.481 e. The monoisotopic (exact) mass is 265 g/mol. The van der Waals surface area contributed by atoms with Crippen LogP contribution in [0.2, 0.25) is 0 Å². The van der Waals surface area contributed by atoms with E-state index in [1.165, 1.54) is 0 Å². The Kier molecular flexibility index (Phi) is 4.98. The zero-order valence-electron chi connectivity index (χ0n) is 10.1. The minimum atomic E-state index is -0.787. The Hall–Kier alpha value is -1.74. The number of fused-ring (bicyclic) bond motifs is 1. The lowest BCUT2D eigenvalue weighted by Gasteiger charge is -2.15. The maximum Gasteiger partial charge on any atom is 0.305 e. The lowest BCUT2D eigenvalue weighted by molar-refractivity contribution is -0.137. The third kappa shape index (κ3) is 3.37. The van der Waals surface area contributed by atoms with E-state index in [1.54, 1.807) is 0 Å². The van der Waals surface area contributed by atoms with Crippen LogP contribution < -0.4 is 5.32 Å². The van der Waals surface area contributed by atoms with Crippen LogP contribution in [0.25, 0.3) is 10.8 Å². The molecule has 0 saturated heterocycles. The van der Waals surface area contributed by atoms with Gasteiger partial charge in [0.1, 0.15) is 0 Å². The molecule has 3 nitrogen and oxygen atoms in total. The fourth-order valence-electron chi connectivity index (χ4n) is 1.93. The van der Waals surface area contributed by atoms with Gasteiger partial charge >= 0.3 is 5.97 Å². The molecule has 18 heavy (non-hydrogen) atoms. The highest BCUT2D eigenvalue weighted by molar-refractivity contribution is 5.94. The quantitative estimate of drug-likeness (QED) is 0.889. The summed E-state index contributed by atoms with van der Waals surface area (Å²) >= 11 is 0. The molecule has 4 heteroatoms. The van der Waals surface area contributed by atoms with E-state index >= 15 is 0 Å². The number of benzene rings is 2. The molecule has 96 valence electrons. The number of halogens is 1. The van der Waals surface area contributed by atoms with Gasteiger partial charge in [0.15, 0.2) is 0 Å². The zero-order chi connectivity index (χ0) is 12.3. The van der Waals surface area contributed by atoms with Crippen LogP contribution in [-0.4, -0.2) is 17.1 Å². The van der Waals surface area contributed by atoms with Gasteiger partial charge in [-0.1, -0.05) is 36.4 Å². The molecule has 0 aliphatic rings. The number of hydrogen-bond acceptors (Lipinski definition) is 2. The van der Waals surface area contributed by atoms with Crippen molar-refractivity contribution in [2.24, 2.45) is 0 Å². The number of aliphatic carboxylic acids is 1. The molecular formula is C14H16ClNO2. The summed E-state index contributed by atoms with van der Waals surface area (Å²) in [5, 5.41) is 14.2. The smallest absolute Gasteiger partial charge is 0.305 e. The highest BCUT2D eigenvalue weighted by atomic mass is 35.5. The fraction of sp³-hybridized carbons (Fsp3) is 0.214. The Morgan fingerprint density at radius 1 is 1.22 bits per heavy atom. The topological polar surface area (TPSA) is 49.3 Å². The van der Waals surface area contributed by atoms with Gasteiger partial charge in [-0.25, -0.2) is 0 Å². The first-order valence-electron chi connectivity index (χ1n) is 5.63. The molecule has 0 spiro atoms. The summed E-state index contributed by atoms with van der Waals surface area (Å²) in [6, 6.07) is 14.0. The molecule has 2 N–H and O–H groups in total. The highest BCUT2D eigenvalue weighted by Gasteiger charge is 2.08. The molecule has 0 saturated carbocycles. The number of carbonyl (C=O) groups is 1. The van der Waals surface area contributed by atoms with E-state index in [0.717, 1.165) is 16.5 Å². The van der Waals surface area contributed by atoms with Crippen molar-refractivity contribution in [1.29, 1.82) is 0 Å². The third-order valence-corrected chi connectivity index (χ3v) is 2.67. The molecule has 2 rings (SSSR count). The van der Waals surface area contributed by atoms with E-state index in [2.05, 4.69) is 5.32 Å². The van der Waals surface area contributed by atoms with Crippen LogP contribution in [0.3, 0.4) is 0 Å². The number of nitrogens with one attached hydrogen (secondary N) is 1. The third-order valence-electron chi connectivity index (χ3n) is 2.67. The summed E-state index contributed by atoms with van der Waals surface area (Å²) in [5.74, 6) is -0.787. The van der Waals surface area contributed by atoms with Crippen LogP contribution in [0, 0.1) is 0 Å². The SMILES string of the molecule is C[C@@H](CC(=O)O)Nc1cccc2ccccc12.Cl. The minimum absolute atomic E-state index is 0. The lowest BCUT2D eigenvalue weighted by atomic mass is 10.1. The van der Waals surface area contributed by atoms with Crippen LogP contribution in [0.1, 0.15) is 13.3 Å². The molecule has 2 aromatic rings. The van der Waals surface area contributed by atoms with Crippen molar-refractivity contribution in [3.05, 3.63) is 42.5 Å². The first-order valence-corrected chi connectivity index (χ1v) is 5.63. The Morgan fingerprint density at radius 2 is 1.89 bits per heavy atom. The van der Waals surface area contributed by atoms with Crippen LogP contribution >= 0.6 is 12.4 Å². The molecule has 0 aliphatic heterocycles. The molecule has 0 radical (unpaired) electrons.